The molecule has 1 aromatic carbocycles. The maximum Gasteiger partial charge on any atom is 0.325 e. The number of benzene rings is 1. The van der Waals surface area contributed by atoms with Gasteiger partial charge in [0.15, 0.2) is 0 Å². The molecule has 136 valence electrons. The first-order valence-corrected chi connectivity index (χ1v) is 8.65. The molecule has 1 spiro atoms. The number of carboxylic acids is 1. The standard InChI is InChI=1S/C18H19N3O5/c22-14(20-8-6-12(9-20)15(23)24)10-21-16(25)18(19-17(21)26)7-5-11-3-1-2-4-13(11)18/h1-4,12H,5-10H2,(H,19,26)(H,23,24)/t12-,18-/m1/s1. The maximum absolute atomic E-state index is 13.0. The molecule has 4 amide bonds. The number of amides is 4. The summed E-state index contributed by atoms with van der Waals surface area (Å²) in [5.74, 6) is -2.33. The summed E-state index contributed by atoms with van der Waals surface area (Å²) in [4.78, 5) is 51.3. The number of hydrogen-bond acceptors (Lipinski definition) is 4. The van der Waals surface area contributed by atoms with E-state index in [1.807, 2.05) is 24.3 Å². The minimum atomic E-state index is -1.08. The molecule has 26 heavy (non-hydrogen) atoms. The lowest BCUT2D eigenvalue weighted by Crippen LogP contribution is -2.44. The van der Waals surface area contributed by atoms with Gasteiger partial charge in [-0.15, -0.1) is 0 Å². The zero-order valence-electron chi connectivity index (χ0n) is 14.1. The molecule has 0 unspecified atom stereocenters. The molecular formula is C18H19N3O5. The second kappa shape index (κ2) is 5.82. The Morgan fingerprint density at radius 1 is 1.27 bits per heavy atom. The van der Waals surface area contributed by atoms with Crippen molar-refractivity contribution in [1.82, 2.24) is 15.1 Å². The number of carbonyl (C=O) groups is 4. The molecule has 1 aromatic rings. The first kappa shape index (κ1) is 16.6. The van der Waals surface area contributed by atoms with Crippen molar-refractivity contribution in [1.29, 1.82) is 0 Å². The molecule has 2 saturated heterocycles. The van der Waals surface area contributed by atoms with E-state index < -0.39 is 35.3 Å². The number of aliphatic carboxylic acids is 1. The van der Waals surface area contributed by atoms with Gasteiger partial charge in [-0.2, -0.15) is 0 Å². The minimum absolute atomic E-state index is 0.117. The molecule has 0 radical (unpaired) electrons. The number of nitrogens with one attached hydrogen (secondary N) is 1. The van der Waals surface area contributed by atoms with Crippen molar-refractivity contribution in [3.8, 4) is 0 Å². The first-order chi connectivity index (χ1) is 12.4. The van der Waals surface area contributed by atoms with Gasteiger partial charge >= 0.3 is 12.0 Å². The van der Waals surface area contributed by atoms with Crippen LogP contribution in [-0.2, 0) is 26.3 Å². The molecule has 4 rings (SSSR count). The lowest BCUT2D eigenvalue weighted by Gasteiger charge is -2.23. The molecular weight excluding hydrogens is 338 g/mol. The number of rotatable bonds is 3. The molecule has 8 heteroatoms. The lowest BCUT2D eigenvalue weighted by atomic mass is 9.92. The number of fused-ring (bicyclic) bond motifs is 2. The normalized spacial score (nSPS) is 27.2. The number of nitrogens with zero attached hydrogens (tertiary/aromatic N) is 2. The first-order valence-electron chi connectivity index (χ1n) is 8.65. The van der Waals surface area contributed by atoms with Crippen LogP contribution in [0.3, 0.4) is 0 Å². The lowest BCUT2D eigenvalue weighted by molar-refractivity contribution is -0.142. The van der Waals surface area contributed by atoms with E-state index in [9.17, 15) is 19.2 Å². The summed E-state index contributed by atoms with van der Waals surface area (Å²) in [6, 6.07) is 6.92. The summed E-state index contributed by atoms with van der Waals surface area (Å²) in [6.07, 6.45) is 1.56. The Kier molecular flexibility index (Phi) is 3.71. The van der Waals surface area contributed by atoms with Crippen molar-refractivity contribution in [2.75, 3.05) is 19.6 Å². The van der Waals surface area contributed by atoms with Gasteiger partial charge in [0, 0.05) is 13.1 Å². The highest BCUT2D eigenvalue weighted by atomic mass is 16.4. The van der Waals surface area contributed by atoms with Gasteiger partial charge < -0.3 is 15.3 Å². The zero-order valence-corrected chi connectivity index (χ0v) is 14.1. The zero-order chi connectivity index (χ0) is 18.5. The Morgan fingerprint density at radius 3 is 2.77 bits per heavy atom. The van der Waals surface area contributed by atoms with E-state index in [0.29, 0.717) is 25.8 Å². The Hall–Kier alpha value is -2.90. The molecule has 1 aliphatic carbocycles. The predicted molar refractivity (Wildman–Crippen MR) is 89.0 cm³/mol. The summed E-state index contributed by atoms with van der Waals surface area (Å²) in [5, 5.41) is 11.8. The molecule has 3 aliphatic rings. The minimum Gasteiger partial charge on any atom is -0.481 e. The van der Waals surface area contributed by atoms with E-state index in [-0.39, 0.29) is 13.1 Å². The average Bonchev–Trinajstić information content (AvgIpc) is 3.30. The third-order valence-electron chi connectivity index (χ3n) is 5.61. The number of carbonyl (C=O) groups excluding carboxylic acids is 3. The van der Waals surface area contributed by atoms with Crippen LogP contribution in [0.15, 0.2) is 24.3 Å². The summed E-state index contributed by atoms with van der Waals surface area (Å²) >= 11 is 0. The largest absolute Gasteiger partial charge is 0.481 e. The molecule has 2 heterocycles. The number of likely N-dealkylation sites (tertiary alicyclic amines) is 1. The molecule has 0 bridgehead atoms. The third-order valence-corrected chi connectivity index (χ3v) is 5.61. The molecule has 0 saturated carbocycles. The highest BCUT2D eigenvalue weighted by Gasteiger charge is 2.55. The maximum atomic E-state index is 13.0. The second-order valence-electron chi connectivity index (χ2n) is 7.05. The fourth-order valence-electron chi connectivity index (χ4n) is 4.16. The Morgan fingerprint density at radius 2 is 2.04 bits per heavy atom. The van der Waals surface area contributed by atoms with Gasteiger partial charge in [0.2, 0.25) is 5.91 Å². The van der Waals surface area contributed by atoms with Crippen LogP contribution < -0.4 is 5.32 Å². The van der Waals surface area contributed by atoms with Crippen LogP contribution in [0.25, 0.3) is 0 Å². The van der Waals surface area contributed by atoms with Crippen molar-refractivity contribution in [2.45, 2.75) is 24.8 Å². The topological polar surface area (TPSA) is 107 Å². The summed E-state index contributed by atoms with van der Waals surface area (Å²) < 4.78 is 0. The van der Waals surface area contributed by atoms with Crippen LogP contribution in [0, 0.1) is 5.92 Å². The van der Waals surface area contributed by atoms with Gasteiger partial charge in [-0.05, 0) is 30.4 Å². The molecule has 2 aliphatic heterocycles. The summed E-state index contributed by atoms with van der Waals surface area (Å²) in [6.45, 7) is 0.0835. The molecule has 2 fully saturated rings. The number of carboxylic acid groups (broad SMARTS) is 1. The second-order valence-corrected chi connectivity index (χ2v) is 7.05. The van der Waals surface area contributed by atoms with Crippen molar-refractivity contribution < 1.29 is 24.3 Å². The van der Waals surface area contributed by atoms with Crippen molar-refractivity contribution in [2.24, 2.45) is 5.92 Å². The molecule has 8 nitrogen and oxygen atoms in total. The molecule has 2 atom stereocenters. The van der Waals surface area contributed by atoms with E-state index in [1.165, 1.54) is 4.90 Å². The fourth-order valence-corrected chi connectivity index (χ4v) is 4.16. The van der Waals surface area contributed by atoms with Crippen LogP contribution in [0.5, 0.6) is 0 Å². The average molecular weight is 357 g/mol. The summed E-state index contributed by atoms with van der Waals surface area (Å²) in [5.41, 5.74) is 0.737. The molecule has 2 N–H and O–H groups in total. The van der Waals surface area contributed by atoms with Crippen LogP contribution >= 0.6 is 0 Å². The third kappa shape index (κ3) is 2.36. The quantitative estimate of drug-likeness (QED) is 0.758. The highest BCUT2D eigenvalue weighted by Crippen LogP contribution is 2.41. The van der Waals surface area contributed by atoms with Gasteiger partial charge in [-0.25, -0.2) is 4.79 Å². The SMILES string of the molecule is O=C(O)[C@@H]1CCN(C(=O)CN2C(=O)N[C@@]3(CCc4ccccc43)C2=O)C1. The smallest absolute Gasteiger partial charge is 0.325 e. The van der Waals surface area contributed by atoms with E-state index in [4.69, 9.17) is 5.11 Å². The van der Waals surface area contributed by atoms with Gasteiger partial charge in [-0.1, -0.05) is 24.3 Å². The monoisotopic (exact) mass is 357 g/mol. The predicted octanol–water partition coefficient (Wildman–Crippen LogP) is 0.313. The fraction of sp³-hybridized carbons (Fsp3) is 0.444. The van der Waals surface area contributed by atoms with E-state index in [1.54, 1.807) is 0 Å². The van der Waals surface area contributed by atoms with E-state index in [2.05, 4.69) is 5.32 Å². The number of imide groups is 1. The van der Waals surface area contributed by atoms with Gasteiger partial charge in [0.1, 0.15) is 12.1 Å². The van der Waals surface area contributed by atoms with Crippen molar-refractivity contribution in [3.63, 3.8) is 0 Å². The number of urea groups is 1. The van der Waals surface area contributed by atoms with Gasteiger partial charge in [0.05, 0.1) is 5.92 Å². The number of aryl methyl sites for hydroxylation is 1. The Bertz CT molecular complexity index is 823. The summed E-state index contributed by atoms with van der Waals surface area (Å²) in [7, 11) is 0. The van der Waals surface area contributed by atoms with E-state index >= 15 is 0 Å². The number of hydrogen-bond donors (Lipinski definition) is 2. The van der Waals surface area contributed by atoms with Crippen LogP contribution in [-0.4, -0.2) is 58.4 Å². The van der Waals surface area contributed by atoms with Crippen LogP contribution in [0.4, 0.5) is 4.79 Å². The van der Waals surface area contributed by atoms with Gasteiger partial charge in [-0.3, -0.25) is 19.3 Å². The van der Waals surface area contributed by atoms with E-state index in [0.717, 1.165) is 16.0 Å². The van der Waals surface area contributed by atoms with Crippen molar-refractivity contribution >= 4 is 23.8 Å². The van der Waals surface area contributed by atoms with Crippen LogP contribution in [0.1, 0.15) is 24.0 Å². The highest BCUT2D eigenvalue weighted by molar-refractivity contribution is 6.10. The van der Waals surface area contributed by atoms with Crippen LogP contribution in [0.2, 0.25) is 0 Å². The molecule has 0 aromatic heterocycles. The Balaban J connectivity index is 1.51. The Labute approximate surface area is 149 Å². The van der Waals surface area contributed by atoms with Crippen molar-refractivity contribution in [3.05, 3.63) is 35.4 Å². The van der Waals surface area contributed by atoms with Gasteiger partial charge in [0.25, 0.3) is 5.91 Å².